The van der Waals surface area contributed by atoms with E-state index in [-0.39, 0.29) is 28.7 Å². The number of benzene rings is 1. The molecule has 4 rings (SSSR count). The predicted octanol–water partition coefficient (Wildman–Crippen LogP) is 3.11. The molecule has 3 heterocycles. The predicted molar refractivity (Wildman–Crippen MR) is 141 cm³/mol. The van der Waals surface area contributed by atoms with Gasteiger partial charge in [0.2, 0.25) is 0 Å². The third kappa shape index (κ3) is 7.08. The van der Waals surface area contributed by atoms with Gasteiger partial charge in [0.05, 0.1) is 36.7 Å². The van der Waals surface area contributed by atoms with E-state index in [0.717, 1.165) is 11.6 Å². The molecule has 13 heteroatoms. The van der Waals surface area contributed by atoms with Gasteiger partial charge < -0.3 is 36.4 Å². The van der Waals surface area contributed by atoms with Crippen LogP contribution in [0.2, 0.25) is 0 Å². The van der Waals surface area contributed by atoms with Crippen molar-refractivity contribution in [3.8, 4) is 0 Å². The Morgan fingerprint density at radius 1 is 1.13 bits per heavy atom. The minimum Gasteiger partial charge on any atom is -0.465 e. The monoisotopic (exact) mass is 541 g/mol. The van der Waals surface area contributed by atoms with Gasteiger partial charge in [0.1, 0.15) is 5.82 Å². The molecule has 1 aromatic carbocycles. The van der Waals surface area contributed by atoms with Crippen LogP contribution < -0.4 is 26.6 Å². The molecule has 6 N–H and O–H groups in total. The molecule has 1 saturated heterocycles. The van der Waals surface area contributed by atoms with Gasteiger partial charge in [-0.15, -0.1) is 0 Å². The first kappa shape index (κ1) is 27.5. The van der Waals surface area contributed by atoms with E-state index in [9.17, 15) is 19.1 Å². The summed E-state index contributed by atoms with van der Waals surface area (Å²) in [5, 5.41) is 17.3. The molecule has 1 aliphatic rings. The fourth-order valence-corrected chi connectivity index (χ4v) is 4.21. The molecule has 0 spiro atoms. The number of pyridine rings is 2. The lowest BCUT2D eigenvalue weighted by molar-refractivity contribution is 0.1000. The van der Waals surface area contributed by atoms with Crippen LogP contribution in [-0.4, -0.2) is 65.5 Å². The maximum Gasteiger partial charge on any atom is 0.404 e. The third-order valence-corrected chi connectivity index (χ3v) is 6.21. The van der Waals surface area contributed by atoms with Gasteiger partial charge in [0.15, 0.2) is 23.3 Å². The van der Waals surface area contributed by atoms with Crippen molar-refractivity contribution in [3.05, 3.63) is 71.4 Å². The highest BCUT2D eigenvalue weighted by Crippen LogP contribution is 2.27. The highest BCUT2D eigenvalue weighted by atomic mass is 19.1. The Bertz CT molecular complexity index is 1320. The second-order valence-electron chi connectivity index (χ2n) is 9.01. The van der Waals surface area contributed by atoms with Crippen LogP contribution in [0.4, 0.5) is 36.7 Å². The van der Waals surface area contributed by atoms with Crippen LogP contribution in [-0.2, 0) is 11.2 Å². The van der Waals surface area contributed by atoms with Crippen molar-refractivity contribution in [2.24, 2.45) is 5.73 Å². The van der Waals surface area contributed by atoms with E-state index in [0.29, 0.717) is 32.7 Å². The number of rotatable bonds is 10. The van der Waals surface area contributed by atoms with Crippen molar-refractivity contribution in [2.75, 3.05) is 41.8 Å². The lowest BCUT2D eigenvalue weighted by atomic mass is 10.0. The fraction of sp³-hybridized carbons (Fsp3) is 0.308. The summed E-state index contributed by atoms with van der Waals surface area (Å²) in [6.07, 6.45) is 0.465. The van der Waals surface area contributed by atoms with Gasteiger partial charge in [-0.3, -0.25) is 4.79 Å². The molecule has 2 atom stereocenters. The molecule has 3 aromatic rings. The number of morpholine rings is 1. The Morgan fingerprint density at radius 2 is 1.85 bits per heavy atom. The lowest BCUT2D eigenvalue weighted by Crippen LogP contribution is -2.45. The number of nitrogens with two attached hydrogens (primary N) is 1. The van der Waals surface area contributed by atoms with Gasteiger partial charge in [0.25, 0.3) is 5.91 Å². The third-order valence-electron chi connectivity index (χ3n) is 6.21. The summed E-state index contributed by atoms with van der Waals surface area (Å²) < 4.78 is 35.3. The standard InChI is InChI=1S/C26H29F2N7O4/c1-15(31-26(37)38)21(11-16-5-3-2-4-6-16)33-24-19(27)13-18(22(29)36)23(34-24)32-17-12-20(28)25(30-14-17)35-7-9-39-10-8-35/h2-6,12-15,21,31H,7-11H2,1H3,(H2,29,36)(H,37,38)(H2,32,33,34)/t15-,21+/m0/s1. The number of nitrogens with zero attached hydrogens (tertiary/aromatic N) is 3. The van der Waals surface area contributed by atoms with Crippen molar-refractivity contribution >= 4 is 35.1 Å². The number of amides is 2. The Hall–Kier alpha value is -4.52. The molecule has 11 nitrogen and oxygen atoms in total. The largest absolute Gasteiger partial charge is 0.465 e. The van der Waals surface area contributed by atoms with Gasteiger partial charge >= 0.3 is 6.09 Å². The first-order chi connectivity index (χ1) is 18.7. The molecule has 39 heavy (non-hydrogen) atoms. The number of halogens is 2. The molecule has 0 radical (unpaired) electrons. The minimum absolute atomic E-state index is 0.121. The van der Waals surface area contributed by atoms with Crippen LogP contribution in [0.1, 0.15) is 22.8 Å². The Labute approximate surface area is 223 Å². The number of aromatic nitrogens is 2. The molecule has 2 aromatic heterocycles. The molecule has 2 amide bonds. The maximum absolute atomic E-state index is 15.1. The lowest BCUT2D eigenvalue weighted by Gasteiger charge is -2.28. The molecule has 0 aliphatic carbocycles. The van der Waals surface area contributed by atoms with Crippen molar-refractivity contribution in [1.29, 1.82) is 0 Å². The van der Waals surface area contributed by atoms with E-state index in [2.05, 4.69) is 25.9 Å². The summed E-state index contributed by atoms with van der Waals surface area (Å²) in [4.78, 5) is 33.5. The van der Waals surface area contributed by atoms with Crippen LogP contribution >= 0.6 is 0 Å². The first-order valence-corrected chi connectivity index (χ1v) is 12.3. The zero-order valence-corrected chi connectivity index (χ0v) is 21.2. The van der Waals surface area contributed by atoms with Gasteiger partial charge in [-0.25, -0.2) is 23.5 Å². The highest BCUT2D eigenvalue weighted by Gasteiger charge is 2.24. The van der Waals surface area contributed by atoms with Gasteiger partial charge in [-0.05, 0) is 25.0 Å². The zero-order valence-electron chi connectivity index (χ0n) is 21.2. The normalized spacial score (nSPS) is 14.8. The van der Waals surface area contributed by atoms with Crippen LogP contribution in [0, 0.1) is 11.6 Å². The molecule has 1 fully saturated rings. The van der Waals surface area contributed by atoms with Crippen molar-refractivity contribution in [3.63, 3.8) is 0 Å². The number of anilines is 4. The average Bonchev–Trinajstić information content (AvgIpc) is 2.90. The van der Waals surface area contributed by atoms with Gasteiger partial charge in [-0.2, -0.15) is 0 Å². The Kier molecular flexibility index (Phi) is 8.71. The number of ether oxygens (including phenoxy) is 1. The highest BCUT2D eigenvalue weighted by molar-refractivity contribution is 5.98. The second kappa shape index (κ2) is 12.3. The molecular formula is C26H29F2N7O4. The summed E-state index contributed by atoms with van der Waals surface area (Å²) in [7, 11) is 0. The van der Waals surface area contributed by atoms with E-state index >= 15 is 4.39 Å². The summed E-state index contributed by atoms with van der Waals surface area (Å²) in [5.74, 6) is -2.63. The number of primary amides is 1. The van der Waals surface area contributed by atoms with Crippen LogP contribution in [0.3, 0.4) is 0 Å². The number of nitrogens with one attached hydrogen (secondary N) is 3. The zero-order chi connectivity index (χ0) is 27.9. The van der Waals surface area contributed by atoms with E-state index < -0.39 is 35.7 Å². The van der Waals surface area contributed by atoms with Gasteiger partial charge in [0, 0.05) is 25.2 Å². The minimum atomic E-state index is -1.24. The van der Waals surface area contributed by atoms with Crippen LogP contribution in [0.5, 0.6) is 0 Å². The molecule has 0 unspecified atom stereocenters. The number of hydrogen-bond acceptors (Lipinski definition) is 8. The summed E-state index contributed by atoms with van der Waals surface area (Å²) in [6, 6.07) is 10.1. The summed E-state index contributed by atoms with van der Waals surface area (Å²) in [5.41, 5.74) is 6.24. The van der Waals surface area contributed by atoms with E-state index in [4.69, 9.17) is 10.5 Å². The van der Waals surface area contributed by atoms with Crippen molar-refractivity contribution in [2.45, 2.75) is 25.4 Å². The summed E-state index contributed by atoms with van der Waals surface area (Å²) >= 11 is 0. The fourth-order valence-electron chi connectivity index (χ4n) is 4.21. The Balaban J connectivity index is 1.62. The molecule has 0 saturated carbocycles. The van der Waals surface area contributed by atoms with Crippen LogP contribution in [0.25, 0.3) is 0 Å². The van der Waals surface area contributed by atoms with Crippen molar-refractivity contribution in [1.82, 2.24) is 15.3 Å². The van der Waals surface area contributed by atoms with Gasteiger partial charge in [-0.1, -0.05) is 30.3 Å². The quantitative estimate of drug-likeness (QED) is 0.260. The molecule has 206 valence electrons. The van der Waals surface area contributed by atoms with E-state index in [1.165, 1.54) is 12.3 Å². The average molecular weight is 542 g/mol. The van der Waals surface area contributed by atoms with E-state index in [1.54, 1.807) is 11.8 Å². The number of carbonyl (C=O) groups is 2. The molecule has 0 bridgehead atoms. The topological polar surface area (TPSA) is 155 Å². The van der Waals surface area contributed by atoms with Crippen molar-refractivity contribution < 1.29 is 28.2 Å². The Morgan fingerprint density at radius 3 is 2.49 bits per heavy atom. The second-order valence-corrected chi connectivity index (χ2v) is 9.01. The first-order valence-electron chi connectivity index (χ1n) is 12.3. The number of carboxylic acid groups (broad SMARTS) is 1. The molecule has 1 aliphatic heterocycles. The van der Waals surface area contributed by atoms with Crippen LogP contribution in [0.15, 0.2) is 48.7 Å². The number of carbonyl (C=O) groups excluding carboxylic acids is 1. The maximum atomic E-state index is 15.1. The smallest absolute Gasteiger partial charge is 0.404 e. The summed E-state index contributed by atoms with van der Waals surface area (Å²) in [6.45, 7) is 3.55. The molecular weight excluding hydrogens is 512 g/mol. The van der Waals surface area contributed by atoms with E-state index in [1.807, 2.05) is 30.3 Å². The SMILES string of the molecule is C[C@H](NC(=O)O)[C@@H](Cc1ccccc1)Nc1nc(Nc2cnc(N3CCOCC3)c(F)c2)c(C(N)=O)cc1F. The number of hydrogen-bond donors (Lipinski definition) is 5.